The van der Waals surface area contributed by atoms with E-state index in [0.29, 0.717) is 0 Å². The fourth-order valence-electron chi connectivity index (χ4n) is 0. The second-order valence-corrected chi connectivity index (χ2v) is 1.25. The molecule has 0 radical (unpaired) electrons. The molecule has 0 aliphatic heterocycles. The molecule has 0 saturated carbocycles. The smallest absolute Gasteiger partial charge is 0.0766 e. The molecule has 0 fully saturated rings. The topological polar surface area (TPSA) is 0 Å². The highest BCUT2D eigenvalue weighted by atomic mass is 13.7. The van der Waals surface area contributed by atoms with E-state index in [0.717, 1.165) is 0 Å². The van der Waals surface area contributed by atoms with Crippen LogP contribution in [0.5, 0.6) is 0 Å². The van der Waals surface area contributed by atoms with Gasteiger partial charge in [0.05, 0.1) is 0 Å². The summed E-state index contributed by atoms with van der Waals surface area (Å²) in [5.41, 5.74) is 1.25. The lowest BCUT2D eigenvalue weighted by atomic mass is 10.3. The van der Waals surface area contributed by atoms with Crippen molar-refractivity contribution in [2.45, 2.75) is 20.8 Å². The average Bonchev–Trinajstić information content (AvgIpc) is 1.38. The number of hydrogen-bond donors (Lipinski definition) is 0. The molecule has 0 nitrogen and oxygen atoms in total. The molecule has 0 saturated heterocycles. The van der Waals surface area contributed by atoms with Crippen molar-refractivity contribution in [3.05, 3.63) is 11.6 Å². The Morgan fingerprint density at radius 3 is 1.60 bits per heavy atom. The van der Waals surface area contributed by atoms with Gasteiger partial charge in [0.15, 0.2) is 0 Å². The first-order chi connectivity index (χ1) is 2.27. The minimum atomic E-state index is 1.25. The Kier molecular flexibility index (Phi) is 1.90. The van der Waals surface area contributed by atoms with Crippen LogP contribution in [0.15, 0.2) is 5.57 Å². The number of allylic oxidation sites excluding steroid dienone is 2. The minimum Gasteiger partial charge on any atom is -0.501 e. The number of rotatable bonds is 0. The van der Waals surface area contributed by atoms with Gasteiger partial charge < -0.3 is 6.08 Å². The lowest BCUT2D eigenvalue weighted by molar-refractivity contribution is 1.33. The highest BCUT2D eigenvalue weighted by molar-refractivity contribution is 4.82. The summed E-state index contributed by atoms with van der Waals surface area (Å²) in [4.78, 5) is 0. The van der Waals surface area contributed by atoms with Gasteiger partial charge in [-0.05, 0) is 0 Å². The van der Waals surface area contributed by atoms with Gasteiger partial charge >= 0.3 is 0 Å². The fraction of sp³-hybridized carbons (Fsp3) is 0.600. The van der Waals surface area contributed by atoms with Gasteiger partial charge in [-0.3, -0.25) is 5.57 Å². The van der Waals surface area contributed by atoms with Crippen LogP contribution in [0.25, 0.3) is 0 Å². The molecule has 0 N–H and O–H groups in total. The lowest BCUT2D eigenvalue weighted by Crippen LogP contribution is -1.53. The van der Waals surface area contributed by atoms with E-state index in [9.17, 15) is 0 Å². The minimum absolute atomic E-state index is 1.25. The molecule has 0 aliphatic carbocycles. The molecule has 0 rings (SSSR count). The standard InChI is InChI=1S/C5H9/c1-4-5(2)3/h1-3H3/q-1. The first-order valence-corrected chi connectivity index (χ1v) is 1.75. The second-order valence-electron chi connectivity index (χ2n) is 1.25. The molecular weight excluding hydrogens is 60.1 g/mol. The molecule has 30 valence electrons. The largest absolute Gasteiger partial charge is 0.501 e. The van der Waals surface area contributed by atoms with Gasteiger partial charge in [-0.1, -0.05) is 13.8 Å². The van der Waals surface area contributed by atoms with Crippen LogP contribution in [-0.4, -0.2) is 0 Å². The van der Waals surface area contributed by atoms with Crippen LogP contribution >= 0.6 is 0 Å². The molecule has 5 heavy (non-hydrogen) atoms. The van der Waals surface area contributed by atoms with Crippen LogP contribution in [0.3, 0.4) is 0 Å². The molecule has 0 bridgehead atoms. The van der Waals surface area contributed by atoms with Gasteiger partial charge in [-0.25, -0.2) is 0 Å². The van der Waals surface area contributed by atoms with Crippen molar-refractivity contribution in [1.29, 1.82) is 0 Å². The Morgan fingerprint density at radius 2 is 1.60 bits per heavy atom. The molecule has 0 atom stereocenters. The van der Waals surface area contributed by atoms with Crippen molar-refractivity contribution in [2.75, 3.05) is 0 Å². The quantitative estimate of drug-likeness (QED) is 0.380. The summed E-state index contributed by atoms with van der Waals surface area (Å²) < 4.78 is 0. The van der Waals surface area contributed by atoms with Crippen molar-refractivity contribution >= 4 is 0 Å². The zero-order valence-corrected chi connectivity index (χ0v) is 4.00. The van der Waals surface area contributed by atoms with Crippen LogP contribution in [0, 0.1) is 6.08 Å². The Bertz CT molecular complexity index is 38.0. The SMILES string of the molecule is C[C-]=C(C)C. The van der Waals surface area contributed by atoms with Gasteiger partial charge in [-0.15, -0.1) is 0 Å². The predicted octanol–water partition coefficient (Wildman–Crippen LogP) is 1.78. The molecule has 0 unspecified atom stereocenters. The van der Waals surface area contributed by atoms with Crippen LogP contribution in [-0.2, 0) is 0 Å². The van der Waals surface area contributed by atoms with E-state index in [4.69, 9.17) is 0 Å². The Labute approximate surface area is 33.5 Å². The molecule has 0 spiro atoms. The first-order valence-electron chi connectivity index (χ1n) is 1.75. The monoisotopic (exact) mass is 69.1 g/mol. The highest BCUT2D eigenvalue weighted by Crippen LogP contribution is 1.81. The normalized spacial score (nSPS) is 7.00. The van der Waals surface area contributed by atoms with Gasteiger partial charge in [-0.2, -0.15) is 6.92 Å². The first kappa shape index (κ1) is 4.74. The maximum Gasteiger partial charge on any atom is -0.0766 e. The third-order valence-electron chi connectivity index (χ3n) is 0.500. The molecule has 0 aliphatic rings. The summed E-state index contributed by atoms with van der Waals surface area (Å²) in [5.74, 6) is 0. The summed E-state index contributed by atoms with van der Waals surface area (Å²) in [5, 5.41) is 0. The molecule has 0 amide bonds. The van der Waals surface area contributed by atoms with Crippen LogP contribution < -0.4 is 0 Å². The van der Waals surface area contributed by atoms with Gasteiger partial charge in [0.1, 0.15) is 0 Å². The van der Waals surface area contributed by atoms with E-state index < -0.39 is 0 Å². The second kappa shape index (κ2) is 2.01. The lowest BCUT2D eigenvalue weighted by Gasteiger charge is -1.93. The fourth-order valence-corrected chi connectivity index (χ4v) is 0. The van der Waals surface area contributed by atoms with Crippen LogP contribution in [0.1, 0.15) is 20.8 Å². The molecule has 0 aromatic heterocycles. The Hall–Kier alpha value is -0.260. The van der Waals surface area contributed by atoms with Crippen LogP contribution in [0.4, 0.5) is 0 Å². The van der Waals surface area contributed by atoms with Gasteiger partial charge in [0.2, 0.25) is 0 Å². The van der Waals surface area contributed by atoms with Crippen molar-refractivity contribution in [3.63, 3.8) is 0 Å². The van der Waals surface area contributed by atoms with Gasteiger partial charge in [0, 0.05) is 0 Å². The zero-order chi connectivity index (χ0) is 4.28. The summed E-state index contributed by atoms with van der Waals surface area (Å²) in [7, 11) is 0. The maximum absolute atomic E-state index is 2.94. The van der Waals surface area contributed by atoms with Crippen molar-refractivity contribution < 1.29 is 0 Å². The molecule has 0 heterocycles. The van der Waals surface area contributed by atoms with E-state index in [2.05, 4.69) is 6.08 Å². The predicted molar refractivity (Wildman–Crippen MR) is 23.8 cm³/mol. The number of hydrogen-bond acceptors (Lipinski definition) is 0. The van der Waals surface area contributed by atoms with E-state index in [1.807, 2.05) is 20.8 Å². The maximum atomic E-state index is 2.94. The molecule has 0 aromatic rings. The van der Waals surface area contributed by atoms with Crippen molar-refractivity contribution in [2.24, 2.45) is 0 Å². The van der Waals surface area contributed by atoms with E-state index in [1.165, 1.54) is 5.57 Å². The third-order valence-corrected chi connectivity index (χ3v) is 0.500. The van der Waals surface area contributed by atoms with Crippen LogP contribution in [0.2, 0.25) is 0 Å². The summed E-state index contributed by atoms with van der Waals surface area (Å²) >= 11 is 0. The molecule has 0 aromatic carbocycles. The van der Waals surface area contributed by atoms with E-state index in [1.54, 1.807) is 0 Å². The van der Waals surface area contributed by atoms with E-state index in [-0.39, 0.29) is 0 Å². The Balaban J connectivity index is 3.14. The molecular formula is C5H9-. The Morgan fingerprint density at radius 1 is 1.40 bits per heavy atom. The third kappa shape index (κ3) is 3.74. The van der Waals surface area contributed by atoms with Crippen molar-refractivity contribution in [1.82, 2.24) is 0 Å². The average molecular weight is 69.1 g/mol. The van der Waals surface area contributed by atoms with E-state index >= 15 is 0 Å². The molecule has 0 heteroatoms. The summed E-state index contributed by atoms with van der Waals surface area (Å²) in [6, 6.07) is 0. The van der Waals surface area contributed by atoms with Crippen molar-refractivity contribution in [3.8, 4) is 0 Å². The van der Waals surface area contributed by atoms with Gasteiger partial charge in [0.25, 0.3) is 0 Å². The highest BCUT2D eigenvalue weighted by Gasteiger charge is 1.44. The summed E-state index contributed by atoms with van der Waals surface area (Å²) in [6.45, 7) is 5.97. The zero-order valence-electron chi connectivity index (χ0n) is 4.00. The summed E-state index contributed by atoms with van der Waals surface area (Å²) in [6.07, 6.45) is 2.94.